The number of amides is 1. The smallest absolute Gasteiger partial charge is 0.413 e. The van der Waals surface area contributed by atoms with Gasteiger partial charge in [0.05, 0.1) is 12.1 Å². The van der Waals surface area contributed by atoms with Crippen LogP contribution in [0.15, 0.2) is 12.3 Å². The Labute approximate surface area is 70.4 Å². The molecular formula is C8H11NO3. The molecule has 2 saturated heterocycles. The molecule has 2 heterocycles. The third-order valence-corrected chi connectivity index (χ3v) is 2.40. The molecule has 2 rings (SSSR count). The van der Waals surface area contributed by atoms with E-state index in [0.29, 0.717) is 25.1 Å². The number of hydrogen-bond donors (Lipinski definition) is 1. The van der Waals surface area contributed by atoms with Crippen molar-refractivity contribution in [3.05, 3.63) is 12.3 Å². The predicted molar refractivity (Wildman–Crippen MR) is 41.4 cm³/mol. The van der Waals surface area contributed by atoms with Crippen molar-refractivity contribution < 1.29 is 14.6 Å². The Balaban J connectivity index is 2.17. The molecular weight excluding hydrogens is 158 g/mol. The van der Waals surface area contributed by atoms with Gasteiger partial charge in [0.2, 0.25) is 0 Å². The normalized spacial score (nSPS) is 34.9. The lowest BCUT2D eigenvalue weighted by atomic mass is 10.00. The van der Waals surface area contributed by atoms with Crippen molar-refractivity contribution in [3.8, 4) is 0 Å². The van der Waals surface area contributed by atoms with E-state index >= 15 is 0 Å². The van der Waals surface area contributed by atoms with E-state index in [4.69, 9.17) is 4.74 Å². The zero-order valence-electron chi connectivity index (χ0n) is 6.69. The summed E-state index contributed by atoms with van der Waals surface area (Å²) in [5, 5.41) is 9.33. The lowest BCUT2D eigenvalue weighted by Gasteiger charge is -2.29. The minimum Gasteiger partial charge on any atom is -0.413 e. The Morgan fingerprint density at radius 3 is 3.17 bits per heavy atom. The highest BCUT2D eigenvalue weighted by Crippen LogP contribution is 2.29. The minimum absolute atomic E-state index is 0.0961. The number of cyclic esters (lactones) is 1. The number of aliphatic hydroxyl groups is 1. The zero-order valence-corrected chi connectivity index (χ0v) is 6.69. The van der Waals surface area contributed by atoms with Crippen LogP contribution in [0.2, 0.25) is 0 Å². The molecule has 0 spiro atoms. The summed E-state index contributed by atoms with van der Waals surface area (Å²) in [4.78, 5) is 12.7. The van der Waals surface area contributed by atoms with Crippen LogP contribution in [0, 0.1) is 0 Å². The molecule has 1 amide bonds. The maximum atomic E-state index is 11.1. The van der Waals surface area contributed by atoms with Crippen LogP contribution in [0.1, 0.15) is 12.8 Å². The largest absolute Gasteiger partial charge is 0.415 e. The van der Waals surface area contributed by atoms with E-state index in [-0.39, 0.29) is 18.2 Å². The van der Waals surface area contributed by atoms with Crippen molar-refractivity contribution in [3.63, 3.8) is 0 Å². The van der Waals surface area contributed by atoms with Crippen LogP contribution < -0.4 is 0 Å². The molecule has 1 N–H and O–H groups in total. The fourth-order valence-corrected chi connectivity index (χ4v) is 1.71. The number of nitrogens with zero attached hydrogens (tertiary/aromatic N) is 1. The van der Waals surface area contributed by atoms with E-state index in [1.54, 1.807) is 4.90 Å². The van der Waals surface area contributed by atoms with Crippen LogP contribution in [-0.2, 0) is 4.74 Å². The van der Waals surface area contributed by atoms with Gasteiger partial charge in [-0.1, -0.05) is 6.58 Å². The van der Waals surface area contributed by atoms with E-state index in [2.05, 4.69) is 6.58 Å². The van der Waals surface area contributed by atoms with Crippen molar-refractivity contribution in [2.45, 2.75) is 25.0 Å². The number of carbonyl (C=O) groups excluding carboxylic acids is 1. The van der Waals surface area contributed by atoms with E-state index in [0.717, 1.165) is 0 Å². The lowest BCUT2D eigenvalue weighted by molar-refractivity contribution is 0.0804. The molecule has 0 aliphatic carbocycles. The minimum atomic E-state index is -0.322. The number of rotatable bonds is 0. The highest BCUT2D eigenvalue weighted by Gasteiger charge is 2.40. The third kappa shape index (κ3) is 0.992. The summed E-state index contributed by atoms with van der Waals surface area (Å²) >= 11 is 0. The number of fused-ring (bicyclic) bond motifs is 1. The van der Waals surface area contributed by atoms with Crippen LogP contribution in [0.4, 0.5) is 4.79 Å². The molecule has 4 nitrogen and oxygen atoms in total. The number of piperidine rings is 1. The highest BCUT2D eigenvalue weighted by molar-refractivity contribution is 5.73. The van der Waals surface area contributed by atoms with Gasteiger partial charge in [0, 0.05) is 13.0 Å². The summed E-state index contributed by atoms with van der Waals surface area (Å²) in [6, 6.07) is -0.0961. The number of ether oxygens (including phenoxy) is 1. The third-order valence-electron chi connectivity index (χ3n) is 2.40. The SMILES string of the molecule is C=C1OC(=O)N2CC[C@H](O)C[C@@H]12. The molecule has 0 saturated carbocycles. The molecule has 0 unspecified atom stereocenters. The second-order valence-electron chi connectivity index (χ2n) is 3.22. The zero-order chi connectivity index (χ0) is 8.72. The van der Waals surface area contributed by atoms with Crippen LogP contribution in [0.25, 0.3) is 0 Å². The van der Waals surface area contributed by atoms with Crippen molar-refractivity contribution in [2.24, 2.45) is 0 Å². The average Bonchev–Trinajstić information content (AvgIpc) is 2.28. The summed E-state index contributed by atoms with van der Waals surface area (Å²) in [6.07, 6.45) is 0.554. The van der Waals surface area contributed by atoms with E-state index in [1.807, 2.05) is 0 Å². The molecule has 0 aromatic rings. The van der Waals surface area contributed by atoms with Gasteiger partial charge in [-0.15, -0.1) is 0 Å². The van der Waals surface area contributed by atoms with Crippen molar-refractivity contribution in [1.29, 1.82) is 0 Å². The molecule has 0 aromatic heterocycles. The topological polar surface area (TPSA) is 49.8 Å². The van der Waals surface area contributed by atoms with Crippen LogP contribution in [0.3, 0.4) is 0 Å². The molecule has 66 valence electrons. The van der Waals surface area contributed by atoms with Crippen molar-refractivity contribution in [2.75, 3.05) is 6.54 Å². The molecule has 2 aliphatic heterocycles. The van der Waals surface area contributed by atoms with Gasteiger partial charge in [-0.2, -0.15) is 0 Å². The lowest BCUT2D eigenvalue weighted by Crippen LogP contribution is -2.42. The first-order valence-electron chi connectivity index (χ1n) is 4.04. The summed E-state index contributed by atoms with van der Waals surface area (Å²) in [5.41, 5.74) is 0. The second kappa shape index (κ2) is 2.48. The summed E-state index contributed by atoms with van der Waals surface area (Å²) in [7, 11) is 0. The summed E-state index contributed by atoms with van der Waals surface area (Å²) in [6.45, 7) is 4.20. The molecule has 12 heavy (non-hydrogen) atoms. The standard InChI is InChI=1S/C8H11NO3/c1-5-7-4-6(10)2-3-9(7)8(11)12-5/h6-7,10H,1-4H2/t6-,7-/m0/s1. The average molecular weight is 169 g/mol. The fraction of sp³-hybridized carbons (Fsp3) is 0.625. The number of aliphatic hydroxyl groups excluding tert-OH is 1. The van der Waals surface area contributed by atoms with Gasteiger partial charge in [-0.3, -0.25) is 4.90 Å². The van der Waals surface area contributed by atoms with E-state index in [9.17, 15) is 9.90 Å². The first kappa shape index (κ1) is 7.61. The Morgan fingerprint density at radius 1 is 1.67 bits per heavy atom. The molecule has 0 radical (unpaired) electrons. The van der Waals surface area contributed by atoms with Gasteiger partial charge in [0.1, 0.15) is 5.76 Å². The summed E-state index contributed by atoms with van der Waals surface area (Å²) in [5.74, 6) is 0.471. The van der Waals surface area contributed by atoms with Crippen molar-refractivity contribution >= 4 is 6.09 Å². The monoisotopic (exact) mass is 169 g/mol. The second-order valence-corrected chi connectivity index (χ2v) is 3.22. The first-order valence-corrected chi connectivity index (χ1v) is 4.04. The van der Waals surface area contributed by atoms with Gasteiger partial charge in [-0.25, -0.2) is 4.79 Å². The van der Waals surface area contributed by atoms with E-state index in [1.165, 1.54) is 0 Å². The molecule has 4 heteroatoms. The molecule has 2 aliphatic rings. The molecule has 2 atom stereocenters. The van der Waals surface area contributed by atoms with Gasteiger partial charge in [-0.05, 0) is 6.42 Å². The quantitative estimate of drug-likeness (QED) is 0.573. The van der Waals surface area contributed by atoms with Gasteiger partial charge < -0.3 is 9.84 Å². The Hall–Kier alpha value is -1.03. The number of carbonyl (C=O) groups is 1. The fourth-order valence-electron chi connectivity index (χ4n) is 1.71. The maximum Gasteiger partial charge on any atom is 0.415 e. The Morgan fingerprint density at radius 2 is 2.42 bits per heavy atom. The van der Waals surface area contributed by atoms with Gasteiger partial charge >= 0.3 is 6.09 Å². The number of hydrogen-bond acceptors (Lipinski definition) is 3. The highest BCUT2D eigenvalue weighted by atomic mass is 16.6. The predicted octanol–water partition coefficient (Wildman–Crippen LogP) is 0.476. The van der Waals surface area contributed by atoms with Crippen molar-refractivity contribution in [1.82, 2.24) is 4.90 Å². The van der Waals surface area contributed by atoms with Crippen LogP contribution in [-0.4, -0.2) is 34.8 Å². The maximum absolute atomic E-state index is 11.1. The first-order chi connectivity index (χ1) is 5.68. The Bertz CT molecular complexity index is 238. The molecule has 2 fully saturated rings. The van der Waals surface area contributed by atoms with Gasteiger partial charge in [0.15, 0.2) is 0 Å². The molecule has 0 bridgehead atoms. The Kier molecular flexibility index (Phi) is 1.58. The van der Waals surface area contributed by atoms with Crippen LogP contribution in [0.5, 0.6) is 0 Å². The molecule has 0 aromatic carbocycles. The van der Waals surface area contributed by atoms with E-state index < -0.39 is 0 Å². The summed E-state index contributed by atoms with van der Waals surface area (Å²) < 4.78 is 4.84. The van der Waals surface area contributed by atoms with Gasteiger partial charge in [0.25, 0.3) is 0 Å². The van der Waals surface area contributed by atoms with Crippen LogP contribution >= 0.6 is 0 Å².